The number of rotatable bonds is 1. The quantitative estimate of drug-likeness (QED) is 0.782. The number of hydrogen-bond acceptors (Lipinski definition) is 3. The number of ether oxygens (including phenoxy) is 1. The lowest BCUT2D eigenvalue weighted by atomic mass is 9.95. The number of nitrogens with two attached hydrogens (primary N) is 1. The first-order chi connectivity index (χ1) is 9.10. The number of carbonyl (C=O) groups is 1. The maximum absolute atomic E-state index is 12.6. The minimum atomic E-state index is -0.624. The van der Waals surface area contributed by atoms with Crippen molar-refractivity contribution in [2.45, 2.75) is 38.3 Å². The molecule has 1 aromatic rings. The van der Waals surface area contributed by atoms with E-state index in [1.807, 2.05) is 24.0 Å². The molecule has 1 atom stereocenters. The molecule has 0 aliphatic carbocycles. The molecule has 0 spiro atoms. The van der Waals surface area contributed by atoms with Gasteiger partial charge >= 0.3 is 0 Å². The molecule has 0 radical (unpaired) electrons. The van der Waals surface area contributed by atoms with Gasteiger partial charge in [0.05, 0.1) is 0 Å². The van der Waals surface area contributed by atoms with Crippen LogP contribution in [0.4, 0.5) is 5.69 Å². The molecule has 1 saturated heterocycles. The molecule has 2 aliphatic rings. The number of amides is 1. The Kier molecular flexibility index (Phi) is 2.97. The molecule has 2 aliphatic heterocycles. The van der Waals surface area contributed by atoms with Crippen LogP contribution in [-0.2, 0) is 22.5 Å². The summed E-state index contributed by atoms with van der Waals surface area (Å²) in [6, 6.07) is 5.98. The van der Waals surface area contributed by atoms with E-state index in [0.29, 0.717) is 13.2 Å². The van der Waals surface area contributed by atoms with Crippen molar-refractivity contribution in [2.24, 2.45) is 0 Å². The molecule has 0 bridgehead atoms. The van der Waals surface area contributed by atoms with Crippen LogP contribution in [0.2, 0.25) is 0 Å². The molecule has 2 heterocycles. The highest BCUT2D eigenvalue weighted by molar-refractivity contribution is 5.85. The van der Waals surface area contributed by atoms with Crippen molar-refractivity contribution in [3.63, 3.8) is 0 Å². The molecule has 1 fully saturated rings. The van der Waals surface area contributed by atoms with Crippen LogP contribution in [0.1, 0.15) is 30.9 Å². The smallest absolute Gasteiger partial charge is 0.254 e. The third-order valence-corrected chi connectivity index (χ3v) is 4.27. The maximum Gasteiger partial charge on any atom is 0.254 e. The van der Waals surface area contributed by atoms with Crippen LogP contribution >= 0.6 is 0 Å². The van der Waals surface area contributed by atoms with Gasteiger partial charge in [-0.2, -0.15) is 0 Å². The summed E-state index contributed by atoms with van der Waals surface area (Å²) in [5.74, 6) is 0.110. The Bertz CT molecular complexity index is 507. The zero-order chi connectivity index (χ0) is 13.5. The molecule has 3 rings (SSSR count). The number of nitrogen functional groups attached to an aromatic ring is 1. The topological polar surface area (TPSA) is 55.6 Å². The van der Waals surface area contributed by atoms with Crippen LogP contribution in [0.15, 0.2) is 18.2 Å². The number of benzene rings is 1. The van der Waals surface area contributed by atoms with E-state index in [4.69, 9.17) is 10.5 Å². The second-order valence-electron chi connectivity index (χ2n) is 5.64. The molecular formula is C15H20N2O2. The van der Waals surface area contributed by atoms with Crippen molar-refractivity contribution in [3.8, 4) is 0 Å². The zero-order valence-corrected chi connectivity index (χ0v) is 11.3. The van der Waals surface area contributed by atoms with Crippen LogP contribution in [0.5, 0.6) is 0 Å². The van der Waals surface area contributed by atoms with Crippen molar-refractivity contribution >= 4 is 11.6 Å². The number of fused-ring (bicyclic) bond motifs is 1. The molecule has 2 N–H and O–H groups in total. The molecule has 4 heteroatoms. The van der Waals surface area contributed by atoms with E-state index < -0.39 is 5.60 Å². The van der Waals surface area contributed by atoms with Gasteiger partial charge < -0.3 is 15.4 Å². The monoisotopic (exact) mass is 260 g/mol. The van der Waals surface area contributed by atoms with Crippen LogP contribution in [0.3, 0.4) is 0 Å². The van der Waals surface area contributed by atoms with E-state index in [1.165, 1.54) is 5.56 Å². The van der Waals surface area contributed by atoms with Gasteiger partial charge in [-0.05, 0) is 43.4 Å². The van der Waals surface area contributed by atoms with Crippen molar-refractivity contribution in [3.05, 3.63) is 29.3 Å². The number of hydrogen-bond donors (Lipinski definition) is 1. The van der Waals surface area contributed by atoms with Crippen molar-refractivity contribution in [1.82, 2.24) is 4.90 Å². The third kappa shape index (κ3) is 2.10. The van der Waals surface area contributed by atoms with Gasteiger partial charge in [0.25, 0.3) is 5.91 Å². The highest BCUT2D eigenvalue weighted by Crippen LogP contribution is 2.31. The summed E-state index contributed by atoms with van der Waals surface area (Å²) in [5, 5.41) is 0. The van der Waals surface area contributed by atoms with Crippen LogP contribution in [-0.4, -0.2) is 29.6 Å². The number of nitrogens with zero attached hydrogens (tertiary/aromatic N) is 1. The Morgan fingerprint density at radius 1 is 1.47 bits per heavy atom. The van der Waals surface area contributed by atoms with Gasteiger partial charge in [0.2, 0.25) is 0 Å². The first-order valence-electron chi connectivity index (χ1n) is 6.90. The summed E-state index contributed by atoms with van der Waals surface area (Å²) in [4.78, 5) is 14.5. The summed E-state index contributed by atoms with van der Waals surface area (Å²) in [6.45, 7) is 3.97. The molecule has 4 nitrogen and oxygen atoms in total. The molecule has 19 heavy (non-hydrogen) atoms. The molecule has 1 aromatic carbocycles. The summed E-state index contributed by atoms with van der Waals surface area (Å²) >= 11 is 0. The highest BCUT2D eigenvalue weighted by atomic mass is 16.5. The highest BCUT2D eigenvalue weighted by Gasteiger charge is 2.41. The van der Waals surface area contributed by atoms with Gasteiger partial charge in [0, 0.05) is 25.4 Å². The normalized spacial score (nSPS) is 26.3. The summed E-state index contributed by atoms with van der Waals surface area (Å²) in [6.07, 6.45) is 2.66. The second kappa shape index (κ2) is 4.53. The fourth-order valence-corrected chi connectivity index (χ4v) is 3.06. The Balaban J connectivity index is 1.82. The first-order valence-corrected chi connectivity index (χ1v) is 6.90. The van der Waals surface area contributed by atoms with E-state index in [-0.39, 0.29) is 5.91 Å². The Hall–Kier alpha value is -1.55. The van der Waals surface area contributed by atoms with Gasteiger partial charge in [-0.15, -0.1) is 0 Å². The largest absolute Gasteiger partial charge is 0.398 e. The average Bonchev–Trinajstić information content (AvgIpc) is 2.86. The fraction of sp³-hybridized carbons (Fsp3) is 0.533. The Morgan fingerprint density at radius 2 is 2.32 bits per heavy atom. The van der Waals surface area contributed by atoms with E-state index in [9.17, 15) is 4.79 Å². The van der Waals surface area contributed by atoms with Crippen molar-refractivity contribution in [2.75, 3.05) is 18.9 Å². The molecule has 1 unspecified atom stereocenters. The van der Waals surface area contributed by atoms with Crippen molar-refractivity contribution < 1.29 is 9.53 Å². The van der Waals surface area contributed by atoms with Crippen LogP contribution < -0.4 is 5.73 Å². The second-order valence-corrected chi connectivity index (χ2v) is 5.64. The SMILES string of the molecule is CC1(C(=O)N2CCc3cccc(N)c3C2)CCCO1. The van der Waals surface area contributed by atoms with E-state index in [1.54, 1.807) is 0 Å². The molecule has 1 amide bonds. The molecule has 0 saturated carbocycles. The summed E-state index contributed by atoms with van der Waals surface area (Å²) in [7, 11) is 0. The lowest BCUT2D eigenvalue weighted by Crippen LogP contribution is -2.48. The summed E-state index contributed by atoms with van der Waals surface area (Å²) in [5.41, 5.74) is 8.55. The number of carbonyl (C=O) groups excluding carboxylic acids is 1. The Morgan fingerprint density at radius 3 is 3.05 bits per heavy atom. The van der Waals surface area contributed by atoms with Gasteiger partial charge in [-0.1, -0.05) is 12.1 Å². The average molecular weight is 260 g/mol. The van der Waals surface area contributed by atoms with E-state index >= 15 is 0 Å². The first kappa shape index (κ1) is 12.5. The standard InChI is InChI=1S/C15H20N2O2/c1-15(7-3-9-19-15)14(18)17-8-6-11-4-2-5-13(16)12(11)10-17/h2,4-5H,3,6-10,16H2,1H3. The van der Waals surface area contributed by atoms with Gasteiger partial charge in [0.15, 0.2) is 0 Å². The predicted molar refractivity (Wildman–Crippen MR) is 73.6 cm³/mol. The third-order valence-electron chi connectivity index (χ3n) is 4.27. The van der Waals surface area contributed by atoms with Crippen LogP contribution in [0, 0.1) is 0 Å². The predicted octanol–water partition coefficient (Wildman–Crippen LogP) is 1.72. The molecule has 0 aromatic heterocycles. The van der Waals surface area contributed by atoms with E-state index in [0.717, 1.165) is 37.1 Å². The Labute approximate surface area is 113 Å². The van der Waals surface area contributed by atoms with E-state index in [2.05, 4.69) is 6.07 Å². The maximum atomic E-state index is 12.6. The lowest BCUT2D eigenvalue weighted by molar-refractivity contribution is -0.152. The fourth-order valence-electron chi connectivity index (χ4n) is 3.06. The van der Waals surface area contributed by atoms with Gasteiger partial charge in [-0.25, -0.2) is 0 Å². The van der Waals surface area contributed by atoms with Crippen molar-refractivity contribution in [1.29, 1.82) is 0 Å². The minimum Gasteiger partial charge on any atom is -0.398 e. The lowest BCUT2D eigenvalue weighted by Gasteiger charge is -2.35. The van der Waals surface area contributed by atoms with Crippen LogP contribution in [0.25, 0.3) is 0 Å². The van der Waals surface area contributed by atoms with Gasteiger partial charge in [-0.3, -0.25) is 4.79 Å². The van der Waals surface area contributed by atoms with Gasteiger partial charge in [0.1, 0.15) is 5.60 Å². The minimum absolute atomic E-state index is 0.110. The molecule has 102 valence electrons. The zero-order valence-electron chi connectivity index (χ0n) is 11.3. The molecular weight excluding hydrogens is 240 g/mol. The summed E-state index contributed by atoms with van der Waals surface area (Å²) < 4.78 is 5.65. The number of anilines is 1.